The second-order valence-electron chi connectivity index (χ2n) is 7.12. The summed E-state index contributed by atoms with van der Waals surface area (Å²) in [5.41, 5.74) is 1.75. The number of halogens is 1. The van der Waals surface area contributed by atoms with E-state index < -0.39 is 5.82 Å². The van der Waals surface area contributed by atoms with Gasteiger partial charge in [-0.25, -0.2) is 9.37 Å². The van der Waals surface area contributed by atoms with Crippen LogP contribution in [0.1, 0.15) is 18.2 Å². The summed E-state index contributed by atoms with van der Waals surface area (Å²) >= 11 is 1.19. The van der Waals surface area contributed by atoms with Crippen LogP contribution in [0, 0.1) is 12.7 Å². The maximum atomic E-state index is 14.2. The van der Waals surface area contributed by atoms with E-state index in [2.05, 4.69) is 4.98 Å². The van der Waals surface area contributed by atoms with Crippen LogP contribution in [0.5, 0.6) is 5.75 Å². The summed E-state index contributed by atoms with van der Waals surface area (Å²) in [6.07, 6.45) is 2.98. The Labute approximate surface area is 190 Å². The van der Waals surface area contributed by atoms with E-state index in [4.69, 9.17) is 4.74 Å². The molecule has 0 radical (unpaired) electrons. The number of likely N-dealkylation sites (N-methyl/N-ethyl adjacent to an activating group) is 1. The largest absolute Gasteiger partial charge is 0.492 e. The Bertz CT molecular complexity index is 1130. The molecule has 0 aliphatic heterocycles. The predicted octanol–water partition coefficient (Wildman–Crippen LogP) is 4.83. The molecule has 0 saturated heterocycles. The molecule has 1 heterocycles. The van der Waals surface area contributed by atoms with E-state index in [1.165, 1.54) is 41.4 Å². The summed E-state index contributed by atoms with van der Waals surface area (Å²) in [5, 5.41) is 2.03. The van der Waals surface area contributed by atoms with Gasteiger partial charge in [0.25, 0.3) is 0 Å². The predicted molar refractivity (Wildman–Crippen MR) is 125 cm³/mol. The molecule has 8 heteroatoms. The van der Waals surface area contributed by atoms with Crippen molar-refractivity contribution in [3.05, 3.63) is 77.1 Å². The van der Waals surface area contributed by atoms with Crippen molar-refractivity contribution >= 4 is 40.0 Å². The lowest BCUT2D eigenvalue weighted by Crippen LogP contribution is -2.29. The van der Waals surface area contributed by atoms with Gasteiger partial charge in [0.15, 0.2) is 5.13 Å². The summed E-state index contributed by atoms with van der Waals surface area (Å²) in [7, 11) is 1.69. The Hall–Kier alpha value is -3.52. The van der Waals surface area contributed by atoms with Crippen molar-refractivity contribution in [2.75, 3.05) is 25.1 Å². The SMILES string of the molecule is CC(=O)N(c1nc(/C=C/C(=O)N(C)CCOc2cccc(C)c2)cs1)c1ccccc1F. The fraction of sp³-hybridized carbons (Fsp3) is 0.208. The molecular weight excluding hydrogens is 429 g/mol. The molecule has 32 heavy (non-hydrogen) atoms. The summed E-state index contributed by atoms with van der Waals surface area (Å²) in [4.78, 5) is 31.6. The van der Waals surface area contributed by atoms with Gasteiger partial charge in [-0.3, -0.25) is 14.5 Å². The Morgan fingerprint density at radius 2 is 1.97 bits per heavy atom. The minimum Gasteiger partial charge on any atom is -0.492 e. The zero-order chi connectivity index (χ0) is 23.1. The third-order valence-corrected chi connectivity index (χ3v) is 5.41. The molecule has 0 N–H and O–H groups in total. The molecule has 0 saturated carbocycles. The number of carbonyl (C=O) groups excluding carboxylic acids is 2. The van der Waals surface area contributed by atoms with Crippen molar-refractivity contribution in [2.45, 2.75) is 13.8 Å². The van der Waals surface area contributed by atoms with E-state index in [-0.39, 0.29) is 17.5 Å². The van der Waals surface area contributed by atoms with Gasteiger partial charge in [0.2, 0.25) is 11.8 Å². The lowest BCUT2D eigenvalue weighted by Gasteiger charge is -2.18. The van der Waals surface area contributed by atoms with E-state index in [9.17, 15) is 14.0 Å². The fourth-order valence-corrected chi connectivity index (χ4v) is 3.74. The highest BCUT2D eigenvalue weighted by Crippen LogP contribution is 2.31. The van der Waals surface area contributed by atoms with Crippen LogP contribution >= 0.6 is 11.3 Å². The van der Waals surface area contributed by atoms with Gasteiger partial charge < -0.3 is 9.64 Å². The summed E-state index contributed by atoms with van der Waals surface area (Å²) in [6.45, 7) is 4.13. The maximum Gasteiger partial charge on any atom is 0.246 e. The highest BCUT2D eigenvalue weighted by atomic mass is 32.1. The van der Waals surface area contributed by atoms with Crippen molar-refractivity contribution in [3.63, 3.8) is 0 Å². The van der Waals surface area contributed by atoms with Crippen molar-refractivity contribution < 1.29 is 18.7 Å². The Kier molecular flexibility index (Phi) is 7.72. The number of ether oxygens (including phenoxy) is 1. The van der Waals surface area contributed by atoms with Gasteiger partial charge in [-0.2, -0.15) is 0 Å². The zero-order valence-electron chi connectivity index (χ0n) is 18.1. The van der Waals surface area contributed by atoms with Gasteiger partial charge in [0.05, 0.1) is 17.9 Å². The molecule has 3 rings (SSSR count). The molecule has 0 unspecified atom stereocenters. The zero-order valence-corrected chi connectivity index (χ0v) is 18.9. The van der Waals surface area contributed by atoms with Crippen LogP contribution in [0.3, 0.4) is 0 Å². The van der Waals surface area contributed by atoms with Gasteiger partial charge in [-0.05, 0) is 42.8 Å². The number of amides is 2. The number of benzene rings is 2. The van der Waals surface area contributed by atoms with Crippen molar-refractivity contribution in [3.8, 4) is 5.75 Å². The molecule has 166 valence electrons. The molecule has 6 nitrogen and oxygen atoms in total. The monoisotopic (exact) mass is 453 g/mol. The van der Waals surface area contributed by atoms with Crippen LogP contribution in [-0.4, -0.2) is 41.9 Å². The van der Waals surface area contributed by atoms with Crippen LogP contribution in [0.25, 0.3) is 6.08 Å². The molecule has 0 atom stereocenters. The third kappa shape index (κ3) is 6.01. The van der Waals surface area contributed by atoms with Crippen molar-refractivity contribution in [1.82, 2.24) is 9.88 Å². The van der Waals surface area contributed by atoms with Gasteiger partial charge in [-0.1, -0.05) is 24.3 Å². The topological polar surface area (TPSA) is 62.7 Å². The van der Waals surface area contributed by atoms with Gasteiger partial charge in [-0.15, -0.1) is 11.3 Å². The van der Waals surface area contributed by atoms with Crippen LogP contribution in [0.15, 0.2) is 60.0 Å². The minimum absolute atomic E-state index is 0.134. The number of hydrogen-bond donors (Lipinski definition) is 0. The van der Waals surface area contributed by atoms with Gasteiger partial charge in [0, 0.05) is 25.4 Å². The smallest absolute Gasteiger partial charge is 0.246 e. The summed E-state index contributed by atoms with van der Waals surface area (Å²) < 4.78 is 19.9. The van der Waals surface area contributed by atoms with Crippen molar-refractivity contribution in [1.29, 1.82) is 0 Å². The van der Waals surface area contributed by atoms with Crippen LogP contribution in [-0.2, 0) is 9.59 Å². The molecular formula is C24H24FN3O3S. The van der Waals surface area contributed by atoms with E-state index in [1.54, 1.807) is 35.5 Å². The molecule has 2 amide bonds. The van der Waals surface area contributed by atoms with E-state index >= 15 is 0 Å². The first kappa shape index (κ1) is 23.1. The minimum atomic E-state index is -0.514. The van der Waals surface area contributed by atoms with Crippen LogP contribution in [0.2, 0.25) is 0 Å². The Morgan fingerprint density at radius 1 is 1.19 bits per heavy atom. The molecule has 3 aromatic rings. The van der Waals surface area contributed by atoms with Crippen LogP contribution < -0.4 is 9.64 Å². The number of aryl methyl sites for hydroxylation is 1. The highest BCUT2D eigenvalue weighted by molar-refractivity contribution is 7.14. The molecule has 0 spiro atoms. The molecule has 0 aliphatic carbocycles. The number of carbonyl (C=O) groups is 2. The first-order chi connectivity index (χ1) is 15.3. The number of aromatic nitrogens is 1. The quantitative estimate of drug-likeness (QED) is 0.459. The van der Waals surface area contributed by atoms with E-state index in [0.29, 0.717) is 24.0 Å². The normalized spacial score (nSPS) is 10.9. The second kappa shape index (κ2) is 10.7. The number of rotatable bonds is 8. The Morgan fingerprint density at radius 3 is 2.69 bits per heavy atom. The van der Waals surface area contributed by atoms with E-state index in [1.807, 2.05) is 31.2 Å². The average Bonchev–Trinajstić information content (AvgIpc) is 3.21. The number of thiazole rings is 1. The van der Waals surface area contributed by atoms with Crippen LogP contribution in [0.4, 0.5) is 15.2 Å². The molecule has 2 aromatic carbocycles. The first-order valence-corrected chi connectivity index (χ1v) is 10.9. The fourth-order valence-electron chi connectivity index (χ4n) is 2.90. The molecule has 0 aliphatic rings. The lowest BCUT2D eigenvalue weighted by molar-refractivity contribution is -0.125. The average molecular weight is 454 g/mol. The summed E-state index contributed by atoms with van der Waals surface area (Å²) in [6, 6.07) is 13.7. The van der Waals surface area contributed by atoms with E-state index in [0.717, 1.165) is 11.3 Å². The number of nitrogens with zero attached hydrogens (tertiary/aromatic N) is 3. The third-order valence-electron chi connectivity index (χ3n) is 4.57. The standard InChI is InChI=1S/C24H24FN3O3S/c1-17-7-6-8-20(15-17)31-14-13-27(3)23(30)12-11-19-16-32-24(26-19)28(18(2)29)22-10-5-4-9-21(22)25/h4-12,15-16H,13-14H2,1-3H3/b12-11+. The molecule has 0 bridgehead atoms. The number of para-hydroxylation sites is 1. The maximum absolute atomic E-state index is 14.2. The van der Waals surface area contributed by atoms with Crippen molar-refractivity contribution in [2.24, 2.45) is 0 Å². The first-order valence-electron chi connectivity index (χ1n) is 9.98. The second-order valence-corrected chi connectivity index (χ2v) is 7.96. The lowest BCUT2D eigenvalue weighted by atomic mass is 10.2. The Balaban J connectivity index is 1.60. The molecule has 0 fully saturated rings. The van der Waals surface area contributed by atoms with Gasteiger partial charge >= 0.3 is 0 Å². The number of hydrogen-bond acceptors (Lipinski definition) is 5. The van der Waals surface area contributed by atoms with Gasteiger partial charge in [0.1, 0.15) is 18.2 Å². The summed E-state index contributed by atoms with van der Waals surface area (Å²) in [5.74, 6) is -0.310. The number of anilines is 2. The highest BCUT2D eigenvalue weighted by Gasteiger charge is 2.20. The molecule has 1 aromatic heterocycles.